The van der Waals surface area contributed by atoms with E-state index in [0.717, 1.165) is 5.56 Å². The van der Waals surface area contributed by atoms with Crippen LogP contribution in [0.15, 0.2) is 24.3 Å². The van der Waals surface area contributed by atoms with Crippen LogP contribution >= 0.6 is 0 Å². The molecule has 2 rings (SSSR count). The molecule has 0 saturated heterocycles. The third kappa shape index (κ3) is 4.00. The molecule has 0 aliphatic carbocycles. The van der Waals surface area contributed by atoms with Gasteiger partial charge in [0.05, 0.1) is 6.54 Å². The standard InChI is InChI=1S/C16H20N2O4/c1-3-17-15(19)10-18(4-2)16(20)8-6-12-5-7-13-14(9-12)22-11-21-13/h5-9H,3-4,10-11H2,1-2H3,(H,17,19). The zero-order valence-corrected chi connectivity index (χ0v) is 12.8. The first-order valence-electron chi connectivity index (χ1n) is 7.27. The van der Waals surface area contributed by atoms with E-state index in [-0.39, 0.29) is 25.2 Å². The number of hydrogen-bond acceptors (Lipinski definition) is 4. The van der Waals surface area contributed by atoms with Crippen LogP contribution in [0, 0.1) is 0 Å². The Morgan fingerprint density at radius 1 is 1.27 bits per heavy atom. The molecule has 22 heavy (non-hydrogen) atoms. The van der Waals surface area contributed by atoms with Gasteiger partial charge in [-0.25, -0.2) is 0 Å². The summed E-state index contributed by atoms with van der Waals surface area (Å²) in [5, 5.41) is 2.68. The lowest BCUT2D eigenvalue weighted by molar-refractivity contribution is -0.132. The monoisotopic (exact) mass is 304 g/mol. The molecule has 0 spiro atoms. The third-order valence-electron chi connectivity index (χ3n) is 3.22. The molecule has 0 radical (unpaired) electrons. The molecule has 0 atom stereocenters. The molecule has 1 aliphatic rings. The third-order valence-corrected chi connectivity index (χ3v) is 3.22. The Morgan fingerprint density at radius 2 is 2.05 bits per heavy atom. The van der Waals surface area contributed by atoms with Crippen molar-refractivity contribution >= 4 is 17.9 Å². The molecule has 1 aliphatic heterocycles. The van der Waals surface area contributed by atoms with Crippen LogP contribution in [0.2, 0.25) is 0 Å². The Kier molecular flexibility index (Phi) is 5.41. The highest BCUT2D eigenvalue weighted by Crippen LogP contribution is 2.32. The molecule has 1 aromatic rings. The average molecular weight is 304 g/mol. The van der Waals surface area contributed by atoms with Gasteiger partial charge in [0.25, 0.3) is 0 Å². The highest BCUT2D eigenvalue weighted by Gasteiger charge is 2.14. The number of hydrogen-bond donors (Lipinski definition) is 1. The van der Waals surface area contributed by atoms with Crippen molar-refractivity contribution in [2.75, 3.05) is 26.4 Å². The summed E-state index contributed by atoms with van der Waals surface area (Å²) in [6.07, 6.45) is 3.16. The lowest BCUT2D eigenvalue weighted by Crippen LogP contribution is -2.39. The van der Waals surface area contributed by atoms with E-state index in [0.29, 0.717) is 24.6 Å². The van der Waals surface area contributed by atoms with Crippen LogP contribution in [0.4, 0.5) is 0 Å². The number of fused-ring (bicyclic) bond motifs is 1. The predicted molar refractivity (Wildman–Crippen MR) is 82.5 cm³/mol. The van der Waals surface area contributed by atoms with E-state index in [1.807, 2.05) is 26.0 Å². The normalized spacial score (nSPS) is 12.5. The molecule has 2 amide bonds. The smallest absolute Gasteiger partial charge is 0.247 e. The minimum Gasteiger partial charge on any atom is -0.454 e. The van der Waals surface area contributed by atoms with Crippen molar-refractivity contribution in [2.24, 2.45) is 0 Å². The second-order valence-corrected chi connectivity index (χ2v) is 4.75. The Hall–Kier alpha value is -2.50. The number of carbonyl (C=O) groups is 2. The molecule has 6 nitrogen and oxygen atoms in total. The highest BCUT2D eigenvalue weighted by molar-refractivity contribution is 5.94. The number of benzene rings is 1. The maximum absolute atomic E-state index is 12.1. The first-order chi connectivity index (χ1) is 10.6. The maximum Gasteiger partial charge on any atom is 0.247 e. The molecule has 0 saturated carbocycles. The van der Waals surface area contributed by atoms with Gasteiger partial charge >= 0.3 is 0 Å². The van der Waals surface area contributed by atoms with Crippen LogP contribution in [0.3, 0.4) is 0 Å². The summed E-state index contributed by atoms with van der Waals surface area (Å²) in [5.74, 6) is 1.01. The van der Waals surface area contributed by atoms with Crippen LogP contribution in [0.5, 0.6) is 11.5 Å². The molecule has 1 N–H and O–H groups in total. The van der Waals surface area contributed by atoms with Crippen molar-refractivity contribution in [3.63, 3.8) is 0 Å². The zero-order valence-electron chi connectivity index (χ0n) is 12.8. The largest absolute Gasteiger partial charge is 0.454 e. The molecule has 0 aromatic heterocycles. The van der Waals surface area contributed by atoms with Gasteiger partial charge in [-0.3, -0.25) is 9.59 Å². The van der Waals surface area contributed by atoms with Crippen LogP contribution in [-0.4, -0.2) is 43.1 Å². The Bertz CT molecular complexity index is 584. The molecule has 1 aromatic carbocycles. The number of carbonyl (C=O) groups excluding carboxylic acids is 2. The summed E-state index contributed by atoms with van der Waals surface area (Å²) < 4.78 is 10.5. The molecular formula is C16H20N2O4. The molecule has 6 heteroatoms. The minimum absolute atomic E-state index is 0.0641. The number of ether oxygens (including phenoxy) is 2. The van der Waals surface area contributed by atoms with Crippen LogP contribution in [-0.2, 0) is 9.59 Å². The lowest BCUT2D eigenvalue weighted by Gasteiger charge is -2.18. The van der Waals surface area contributed by atoms with E-state index in [9.17, 15) is 9.59 Å². The van der Waals surface area contributed by atoms with Gasteiger partial charge in [-0.2, -0.15) is 0 Å². The molecule has 0 fully saturated rings. The quantitative estimate of drug-likeness (QED) is 0.807. The van der Waals surface area contributed by atoms with Crippen molar-refractivity contribution in [1.29, 1.82) is 0 Å². The first-order valence-corrected chi connectivity index (χ1v) is 7.27. The molecule has 1 heterocycles. The van der Waals surface area contributed by atoms with Gasteiger partial charge in [0.15, 0.2) is 11.5 Å². The van der Waals surface area contributed by atoms with Gasteiger partial charge in [-0.15, -0.1) is 0 Å². The number of amides is 2. The molecule has 118 valence electrons. The number of nitrogens with zero attached hydrogens (tertiary/aromatic N) is 1. The van der Waals surface area contributed by atoms with E-state index in [1.165, 1.54) is 11.0 Å². The zero-order chi connectivity index (χ0) is 15.9. The highest BCUT2D eigenvalue weighted by atomic mass is 16.7. The first kappa shape index (κ1) is 15.9. The fourth-order valence-electron chi connectivity index (χ4n) is 2.06. The van der Waals surface area contributed by atoms with Gasteiger partial charge in [0.1, 0.15) is 0 Å². The Morgan fingerprint density at radius 3 is 2.77 bits per heavy atom. The van der Waals surface area contributed by atoms with Crippen molar-refractivity contribution in [1.82, 2.24) is 10.2 Å². The fraction of sp³-hybridized carbons (Fsp3) is 0.375. The second-order valence-electron chi connectivity index (χ2n) is 4.75. The van der Waals surface area contributed by atoms with Gasteiger partial charge in [-0.1, -0.05) is 6.07 Å². The van der Waals surface area contributed by atoms with Crippen LogP contribution in [0.1, 0.15) is 19.4 Å². The molecule has 0 bridgehead atoms. The van der Waals surface area contributed by atoms with Gasteiger partial charge in [-0.05, 0) is 37.6 Å². The number of nitrogens with one attached hydrogen (secondary N) is 1. The van der Waals surface area contributed by atoms with E-state index >= 15 is 0 Å². The van der Waals surface area contributed by atoms with Crippen molar-refractivity contribution in [2.45, 2.75) is 13.8 Å². The summed E-state index contributed by atoms with van der Waals surface area (Å²) >= 11 is 0. The fourth-order valence-corrected chi connectivity index (χ4v) is 2.06. The number of likely N-dealkylation sites (N-methyl/N-ethyl adjacent to an activating group) is 2. The lowest BCUT2D eigenvalue weighted by atomic mass is 10.2. The van der Waals surface area contributed by atoms with Crippen LogP contribution < -0.4 is 14.8 Å². The molecule has 0 unspecified atom stereocenters. The van der Waals surface area contributed by atoms with Crippen LogP contribution in [0.25, 0.3) is 6.08 Å². The molecular weight excluding hydrogens is 284 g/mol. The van der Waals surface area contributed by atoms with Crippen molar-refractivity contribution < 1.29 is 19.1 Å². The van der Waals surface area contributed by atoms with Gasteiger partial charge in [0.2, 0.25) is 18.6 Å². The summed E-state index contributed by atoms with van der Waals surface area (Å²) in [6.45, 7) is 4.99. The topological polar surface area (TPSA) is 67.9 Å². The summed E-state index contributed by atoms with van der Waals surface area (Å²) in [7, 11) is 0. The van der Waals surface area contributed by atoms with Gasteiger partial charge < -0.3 is 19.7 Å². The SMILES string of the molecule is CCNC(=O)CN(CC)C(=O)C=Cc1ccc2c(c1)OCO2. The average Bonchev–Trinajstić information content (AvgIpc) is 2.98. The van der Waals surface area contributed by atoms with E-state index in [4.69, 9.17) is 9.47 Å². The van der Waals surface area contributed by atoms with Crippen molar-refractivity contribution in [3.8, 4) is 11.5 Å². The minimum atomic E-state index is -0.202. The Balaban J connectivity index is 1.98. The second kappa shape index (κ2) is 7.49. The number of rotatable bonds is 6. The summed E-state index contributed by atoms with van der Waals surface area (Å²) in [4.78, 5) is 25.2. The van der Waals surface area contributed by atoms with Crippen molar-refractivity contribution in [3.05, 3.63) is 29.8 Å². The van der Waals surface area contributed by atoms with Gasteiger partial charge in [0, 0.05) is 19.2 Å². The maximum atomic E-state index is 12.1. The summed E-state index contributed by atoms with van der Waals surface area (Å²) in [5.41, 5.74) is 0.840. The van der Waals surface area contributed by atoms with E-state index in [2.05, 4.69) is 5.32 Å². The summed E-state index contributed by atoms with van der Waals surface area (Å²) in [6, 6.07) is 5.46. The predicted octanol–water partition coefficient (Wildman–Crippen LogP) is 1.41. The Labute approximate surface area is 129 Å². The van der Waals surface area contributed by atoms with E-state index < -0.39 is 0 Å². The van der Waals surface area contributed by atoms with E-state index in [1.54, 1.807) is 12.1 Å².